The quantitative estimate of drug-likeness (QED) is 0.835. The molecule has 0 bridgehead atoms. The van der Waals surface area contributed by atoms with Gasteiger partial charge in [-0.05, 0) is 27.0 Å². The van der Waals surface area contributed by atoms with E-state index in [0.29, 0.717) is 11.7 Å². The second kappa shape index (κ2) is 4.39. The first-order valence-corrected chi connectivity index (χ1v) is 5.68. The van der Waals surface area contributed by atoms with Crippen LogP contribution < -0.4 is 5.32 Å². The van der Waals surface area contributed by atoms with Crippen molar-refractivity contribution in [1.29, 1.82) is 0 Å². The van der Waals surface area contributed by atoms with E-state index >= 15 is 0 Å². The third-order valence-electron chi connectivity index (χ3n) is 2.45. The van der Waals surface area contributed by atoms with Gasteiger partial charge in [0, 0.05) is 23.5 Å². The molecule has 16 heavy (non-hydrogen) atoms. The molecule has 2 aromatic rings. The molecular weight excluding hydrogens is 224 g/mol. The van der Waals surface area contributed by atoms with Crippen LogP contribution in [0.3, 0.4) is 0 Å². The molecule has 2 heterocycles. The molecule has 0 spiro atoms. The lowest BCUT2D eigenvalue weighted by Gasteiger charge is -2.07. The van der Waals surface area contributed by atoms with Crippen LogP contribution in [0.2, 0.25) is 5.15 Å². The Labute approximate surface area is 99.6 Å². The van der Waals surface area contributed by atoms with Gasteiger partial charge in [0.2, 0.25) is 0 Å². The average Bonchev–Trinajstić information content (AvgIpc) is 2.61. The summed E-state index contributed by atoms with van der Waals surface area (Å²) in [6.45, 7) is 4.86. The molecular formula is C11H15ClN4. The topological polar surface area (TPSA) is 42.7 Å². The predicted molar refractivity (Wildman–Crippen MR) is 65.7 cm³/mol. The van der Waals surface area contributed by atoms with Crippen LogP contribution >= 0.6 is 11.6 Å². The fourth-order valence-electron chi connectivity index (χ4n) is 1.69. The summed E-state index contributed by atoms with van der Waals surface area (Å²) in [5.74, 6) is 0. The summed E-state index contributed by atoms with van der Waals surface area (Å²) < 4.78 is 1.88. The maximum absolute atomic E-state index is 6.12. The number of fused-ring (bicyclic) bond motifs is 1. The number of halogens is 1. The summed E-state index contributed by atoms with van der Waals surface area (Å²) in [6.07, 6.45) is 1.83. The highest BCUT2D eigenvalue weighted by Crippen LogP contribution is 2.22. The van der Waals surface area contributed by atoms with Gasteiger partial charge >= 0.3 is 0 Å². The maximum Gasteiger partial charge on any atom is 0.159 e. The van der Waals surface area contributed by atoms with Gasteiger partial charge in [0.15, 0.2) is 5.65 Å². The van der Waals surface area contributed by atoms with Crippen molar-refractivity contribution < 1.29 is 0 Å². The van der Waals surface area contributed by atoms with Gasteiger partial charge in [-0.25, -0.2) is 9.67 Å². The molecule has 0 aliphatic carbocycles. The molecule has 4 nitrogen and oxygen atoms in total. The standard InChI is InChI=1S/C11H15ClN4/c1-7(2)16-11-9(6-14-16)4-8(5-13-3)10(12)15-11/h4,6-7,13H,5H2,1-3H3. The Balaban J connectivity index is 2.57. The van der Waals surface area contributed by atoms with Crippen LogP contribution in [-0.2, 0) is 6.54 Å². The van der Waals surface area contributed by atoms with Crippen molar-refractivity contribution >= 4 is 22.6 Å². The van der Waals surface area contributed by atoms with Crippen molar-refractivity contribution in [2.75, 3.05) is 7.05 Å². The molecule has 5 heteroatoms. The van der Waals surface area contributed by atoms with Gasteiger partial charge in [0.05, 0.1) is 6.20 Å². The Morgan fingerprint density at radius 1 is 1.50 bits per heavy atom. The summed E-state index contributed by atoms with van der Waals surface area (Å²) in [5.41, 5.74) is 1.85. The fraction of sp³-hybridized carbons (Fsp3) is 0.455. The van der Waals surface area contributed by atoms with E-state index in [0.717, 1.165) is 16.6 Å². The number of hydrogen-bond acceptors (Lipinski definition) is 3. The highest BCUT2D eigenvalue weighted by Gasteiger charge is 2.10. The van der Waals surface area contributed by atoms with E-state index < -0.39 is 0 Å². The van der Waals surface area contributed by atoms with Crippen molar-refractivity contribution in [3.63, 3.8) is 0 Å². The summed E-state index contributed by atoms with van der Waals surface area (Å²) >= 11 is 6.12. The highest BCUT2D eigenvalue weighted by atomic mass is 35.5. The average molecular weight is 239 g/mol. The Morgan fingerprint density at radius 3 is 2.88 bits per heavy atom. The summed E-state index contributed by atoms with van der Waals surface area (Å²) in [4.78, 5) is 4.40. The number of pyridine rings is 1. The number of hydrogen-bond donors (Lipinski definition) is 1. The lowest BCUT2D eigenvalue weighted by molar-refractivity contribution is 0.546. The van der Waals surface area contributed by atoms with Gasteiger partial charge in [-0.15, -0.1) is 0 Å². The normalized spacial score (nSPS) is 11.6. The van der Waals surface area contributed by atoms with Crippen LogP contribution in [0, 0.1) is 0 Å². The molecule has 0 aromatic carbocycles. The summed E-state index contributed by atoms with van der Waals surface area (Å²) in [5, 5.41) is 8.96. The Bertz CT molecular complexity index is 504. The zero-order valence-electron chi connectivity index (χ0n) is 9.66. The Morgan fingerprint density at radius 2 is 2.25 bits per heavy atom. The van der Waals surface area contributed by atoms with E-state index in [9.17, 15) is 0 Å². The zero-order chi connectivity index (χ0) is 11.7. The van der Waals surface area contributed by atoms with Crippen LogP contribution in [0.4, 0.5) is 0 Å². The van der Waals surface area contributed by atoms with Gasteiger partial charge in [-0.2, -0.15) is 5.10 Å². The molecule has 0 amide bonds. The van der Waals surface area contributed by atoms with Crippen LogP contribution in [0.25, 0.3) is 11.0 Å². The lowest BCUT2D eigenvalue weighted by atomic mass is 10.2. The van der Waals surface area contributed by atoms with Gasteiger partial charge in [-0.1, -0.05) is 11.6 Å². The first-order chi connectivity index (χ1) is 7.63. The van der Waals surface area contributed by atoms with Crippen molar-refractivity contribution in [2.24, 2.45) is 0 Å². The molecule has 0 aliphatic heterocycles. The van der Waals surface area contributed by atoms with E-state index in [2.05, 4.69) is 29.2 Å². The van der Waals surface area contributed by atoms with Crippen LogP contribution in [0.15, 0.2) is 12.3 Å². The third kappa shape index (κ3) is 1.90. The second-order valence-corrected chi connectivity index (χ2v) is 4.42. The van der Waals surface area contributed by atoms with Crippen molar-refractivity contribution in [1.82, 2.24) is 20.1 Å². The minimum absolute atomic E-state index is 0.288. The van der Waals surface area contributed by atoms with Gasteiger partial charge in [-0.3, -0.25) is 0 Å². The van der Waals surface area contributed by atoms with Gasteiger partial charge < -0.3 is 5.32 Å². The SMILES string of the molecule is CNCc1cc2cnn(C(C)C)c2nc1Cl. The van der Waals surface area contributed by atoms with Crippen molar-refractivity contribution in [3.05, 3.63) is 23.0 Å². The minimum atomic E-state index is 0.288. The zero-order valence-corrected chi connectivity index (χ0v) is 10.4. The highest BCUT2D eigenvalue weighted by molar-refractivity contribution is 6.30. The molecule has 2 aromatic heterocycles. The minimum Gasteiger partial charge on any atom is -0.316 e. The summed E-state index contributed by atoms with van der Waals surface area (Å²) in [7, 11) is 1.89. The first kappa shape index (κ1) is 11.4. The molecule has 0 atom stereocenters. The van der Waals surface area contributed by atoms with Gasteiger partial charge in [0.25, 0.3) is 0 Å². The Hall–Kier alpha value is -1.13. The second-order valence-electron chi connectivity index (χ2n) is 4.06. The molecule has 0 unspecified atom stereocenters. The molecule has 0 saturated heterocycles. The Kier molecular flexibility index (Phi) is 3.12. The van der Waals surface area contributed by atoms with Crippen molar-refractivity contribution in [3.8, 4) is 0 Å². The van der Waals surface area contributed by atoms with E-state index in [1.165, 1.54) is 0 Å². The lowest BCUT2D eigenvalue weighted by Crippen LogP contribution is -2.07. The van der Waals surface area contributed by atoms with Gasteiger partial charge in [0.1, 0.15) is 5.15 Å². The van der Waals surface area contributed by atoms with E-state index in [1.54, 1.807) is 0 Å². The number of aromatic nitrogens is 3. The molecule has 0 radical (unpaired) electrons. The smallest absolute Gasteiger partial charge is 0.159 e. The molecule has 1 N–H and O–H groups in total. The maximum atomic E-state index is 6.12. The molecule has 0 saturated carbocycles. The van der Waals surface area contributed by atoms with E-state index in [4.69, 9.17) is 11.6 Å². The molecule has 0 fully saturated rings. The first-order valence-electron chi connectivity index (χ1n) is 5.30. The monoisotopic (exact) mass is 238 g/mol. The van der Waals surface area contributed by atoms with Crippen LogP contribution in [0.1, 0.15) is 25.5 Å². The fourth-order valence-corrected chi connectivity index (χ4v) is 1.89. The molecule has 0 aliphatic rings. The van der Waals surface area contributed by atoms with Crippen LogP contribution in [-0.4, -0.2) is 21.8 Å². The number of nitrogens with zero attached hydrogens (tertiary/aromatic N) is 3. The van der Waals surface area contributed by atoms with Crippen LogP contribution in [0.5, 0.6) is 0 Å². The number of rotatable bonds is 3. The third-order valence-corrected chi connectivity index (χ3v) is 2.78. The summed E-state index contributed by atoms with van der Waals surface area (Å²) in [6, 6.07) is 2.32. The van der Waals surface area contributed by atoms with E-state index in [-0.39, 0.29) is 6.04 Å². The van der Waals surface area contributed by atoms with E-state index in [1.807, 2.05) is 24.0 Å². The van der Waals surface area contributed by atoms with Crippen molar-refractivity contribution in [2.45, 2.75) is 26.4 Å². The molecule has 2 rings (SSSR count). The predicted octanol–water partition coefficient (Wildman–Crippen LogP) is 2.39. The molecule has 86 valence electrons. The largest absolute Gasteiger partial charge is 0.316 e. The number of nitrogens with one attached hydrogen (secondary N) is 1.